The molecular formula is C11H6BrN7. The minimum Gasteiger partial charge on any atom is -0.359 e. The Morgan fingerprint density at radius 1 is 1.42 bits per heavy atom. The summed E-state index contributed by atoms with van der Waals surface area (Å²) in [6, 6.07) is 9.20. The molecule has 0 saturated carbocycles. The first kappa shape index (κ1) is 12.7. The average Bonchev–Trinajstić information content (AvgIpc) is 2.94. The summed E-state index contributed by atoms with van der Waals surface area (Å²) < 4.78 is 0.803. The van der Waals surface area contributed by atoms with E-state index in [2.05, 4.69) is 47.9 Å². The lowest BCUT2D eigenvalue weighted by atomic mass is 10.2. The van der Waals surface area contributed by atoms with Gasteiger partial charge in [-0.2, -0.15) is 15.7 Å². The molecule has 0 aliphatic heterocycles. The summed E-state index contributed by atoms with van der Waals surface area (Å²) in [5.41, 5.74) is 1.25. The summed E-state index contributed by atoms with van der Waals surface area (Å²) in [6.45, 7) is 0. The van der Waals surface area contributed by atoms with E-state index in [4.69, 9.17) is 10.5 Å². The van der Waals surface area contributed by atoms with Gasteiger partial charge < -0.3 is 5.32 Å². The highest BCUT2D eigenvalue weighted by atomic mass is 79.9. The van der Waals surface area contributed by atoms with Crippen LogP contribution >= 0.6 is 15.9 Å². The molecule has 0 fully saturated rings. The first-order valence-electron chi connectivity index (χ1n) is 5.05. The van der Waals surface area contributed by atoms with Crippen LogP contribution in [0.1, 0.15) is 11.4 Å². The number of nitrogens with zero attached hydrogens (tertiary/aromatic N) is 5. The van der Waals surface area contributed by atoms with Gasteiger partial charge in [-0.1, -0.05) is 15.9 Å². The molecule has 0 saturated heterocycles. The third-order valence-corrected chi connectivity index (χ3v) is 2.67. The summed E-state index contributed by atoms with van der Waals surface area (Å²) in [7, 11) is 0. The second-order valence-corrected chi connectivity index (χ2v) is 4.27. The van der Waals surface area contributed by atoms with Crippen molar-refractivity contribution in [2.75, 3.05) is 5.32 Å². The van der Waals surface area contributed by atoms with Crippen LogP contribution in [0.25, 0.3) is 5.57 Å². The monoisotopic (exact) mass is 315 g/mol. The maximum absolute atomic E-state index is 9.01. The Hall–Kier alpha value is -2.71. The van der Waals surface area contributed by atoms with E-state index in [1.165, 1.54) is 6.20 Å². The van der Waals surface area contributed by atoms with E-state index in [1.807, 2.05) is 6.07 Å². The third kappa shape index (κ3) is 2.94. The van der Waals surface area contributed by atoms with Crippen molar-refractivity contribution in [3.8, 4) is 12.1 Å². The fraction of sp³-hybridized carbons (Fsp3) is 0. The van der Waals surface area contributed by atoms with E-state index in [0.29, 0.717) is 11.3 Å². The highest BCUT2D eigenvalue weighted by Gasteiger charge is 2.06. The Morgan fingerprint density at radius 3 is 2.89 bits per heavy atom. The fourth-order valence-corrected chi connectivity index (χ4v) is 1.67. The van der Waals surface area contributed by atoms with E-state index < -0.39 is 0 Å². The zero-order valence-corrected chi connectivity index (χ0v) is 11.0. The van der Waals surface area contributed by atoms with E-state index in [1.54, 1.807) is 18.2 Å². The zero-order valence-electron chi connectivity index (χ0n) is 9.42. The molecule has 0 aliphatic carbocycles. The molecule has 1 aromatic heterocycles. The van der Waals surface area contributed by atoms with Crippen LogP contribution in [0.15, 0.2) is 28.9 Å². The number of H-pyrrole nitrogens is 1. The van der Waals surface area contributed by atoms with Gasteiger partial charge in [0.2, 0.25) is 5.82 Å². The van der Waals surface area contributed by atoms with Crippen molar-refractivity contribution < 1.29 is 0 Å². The molecule has 0 radical (unpaired) electrons. The van der Waals surface area contributed by atoms with Crippen LogP contribution in [0.3, 0.4) is 0 Å². The predicted molar refractivity (Wildman–Crippen MR) is 70.2 cm³/mol. The maximum Gasteiger partial charge on any atom is 0.216 e. The Bertz CT molecular complexity index is 691. The minimum atomic E-state index is 0.186. The molecule has 92 valence electrons. The van der Waals surface area contributed by atoms with Crippen LogP contribution in [0.4, 0.5) is 5.69 Å². The van der Waals surface area contributed by atoms with Gasteiger partial charge in [0.15, 0.2) is 0 Å². The normalized spacial score (nSPS) is 10.6. The molecule has 0 spiro atoms. The van der Waals surface area contributed by atoms with E-state index in [9.17, 15) is 0 Å². The van der Waals surface area contributed by atoms with Gasteiger partial charge in [-0.05, 0) is 23.4 Å². The molecular weight excluding hydrogens is 310 g/mol. The molecule has 0 amide bonds. The first-order chi connectivity index (χ1) is 9.24. The van der Waals surface area contributed by atoms with Crippen molar-refractivity contribution in [1.29, 1.82) is 10.5 Å². The number of hydrogen-bond donors (Lipinski definition) is 2. The van der Waals surface area contributed by atoms with E-state index in [0.717, 1.165) is 4.47 Å². The number of aromatic amines is 1. The Kier molecular flexibility index (Phi) is 3.86. The third-order valence-electron chi connectivity index (χ3n) is 2.18. The Morgan fingerprint density at radius 2 is 2.26 bits per heavy atom. The van der Waals surface area contributed by atoms with Gasteiger partial charge >= 0.3 is 0 Å². The highest BCUT2D eigenvalue weighted by Crippen LogP contribution is 2.20. The SMILES string of the molecule is N#CC(=CNc1ccc(Br)cc1C#N)c1nn[nH]n1. The maximum atomic E-state index is 9.01. The summed E-state index contributed by atoms with van der Waals surface area (Å²) in [4.78, 5) is 0. The van der Waals surface area contributed by atoms with E-state index >= 15 is 0 Å². The lowest BCUT2D eigenvalue weighted by Gasteiger charge is -2.04. The molecule has 1 heterocycles. The number of rotatable bonds is 3. The summed E-state index contributed by atoms with van der Waals surface area (Å²) >= 11 is 3.28. The molecule has 2 N–H and O–H groups in total. The average molecular weight is 316 g/mol. The number of nitrogens with one attached hydrogen (secondary N) is 2. The van der Waals surface area contributed by atoms with Crippen LogP contribution in [-0.2, 0) is 0 Å². The van der Waals surface area contributed by atoms with Crippen LogP contribution in [0.5, 0.6) is 0 Å². The topological polar surface area (TPSA) is 114 Å². The van der Waals surface area contributed by atoms with Gasteiger partial charge in [-0.15, -0.1) is 10.2 Å². The van der Waals surface area contributed by atoms with Gasteiger partial charge in [0.1, 0.15) is 17.7 Å². The van der Waals surface area contributed by atoms with Gasteiger partial charge in [0.05, 0.1) is 11.3 Å². The minimum absolute atomic E-state index is 0.186. The van der Waals surface area contributed by atoms with Crippen LogP contribution in [0.2, 0.25) is 0 Å². The zero-order chi connectivity index (χ0) is 13.7. The standard InChI is InChI=1S/C11H6BrN7/c12-9-1-2-10(7(3-9)4-13)15-6-8(5-14)11-16-18-19-17-11/h1-3,6,15H,(H,16,17,18,19). The second-order valence-electron chi connectivity index (χ2n) is 3.35. The lowest BCUT2D eigenvalue weighted by molar-refractivity contribution is 0.881. The molecule has 7 nitrogen and oxygen atoms in total. The number of halogens is 1. The van der Waals surface area contributed by atoms with Gasteiger partial charge in [0.25, 0.3) is 0 Å². The molecule has 0 unspecified atom stereocenters. The predicted octanol–water partition coefficient (Wildman–Crippen LogP) is 1.81. The quantitative estimate of drug-likeness (QED) is 0.835. The van der Waals surface area contributed by atoms with Crippen molar-refractivity contribution in [3.05, 3.63) is 40.3 Å². The summed E-state index contributed by atoms with van der Waals surface area (Å²) in [6.07, 6.45) is 1.43. The number of tetrazole rings is 1. The van der Waals surface area contributed by atoms with Crippen molar-refractivity contribution in [3.63, 3.8) is 0 Å². The lowest BCUT2D eigenvalue weighted by Crippen LogP contribution is -1.95. The molecule has 2 rings (SSSR count). The molecule has 8 heteroatoms. The smallest absolute Gasteiger partial charge is 0.216 e. The van der Waals surface area contributed by atoms with Crippen LogP contribution < -0.4 is 5.32 Å². The second kappa shape index (κ2) is 5.76. The number of hydrogen-bond acceptors (Lipinski definition) is 6. The molecule has 19 heavy (non-hydrogen) atoms. The Balaban J connectivity index is 2.28. The molecule has 0 atom stereocenters. The fourth-order valence-electron chi connectivity index (χ4n) is 1.31. The summed E-state index contributed by atoms with van der Waals surface area (Å²) in [5.74, 6) is 0.186. The van der Waals surface area contributed by atoms with Crippen molar-refractivity contribution in [2.45, 2.75) is 0 Å². The van der Waals surface area contributed by atoms with Crippen molar-refractivity contribution in [2.24, 2.45) is 0 Å². The van der Waals surface area contributed by atoms with Crippen molar-refractivity contribution >= 4 is 27.2 Å². The number of nitriles is 2. The van der Waals surface area contributed by atoms with Gasteiger partial charge in [-0.3, -0.25) is 0 Å². The number of benzene rings is 1. The van der Waals surface area contributed by atoms with E-state index in [-0.39, 0.29) is 11.4 Å². The summed E-state index contributed by atoms with van der Waals surface area (Å²) in [5, 5.41) is 33.9. The highest BCUT2D eigenvalue weighted by molar-refractivity contribution is 9.10. The van der Waals surface area contributed by atoms with Crippen LogP contribution in [-0.4, -0.2) is 20.6 Å². The molecule has 1 aromatic carbocycles. The number of allylic oxidation sites excluding steroid dienone is 1. The first-order valence-corrected chi connectivity index (χ1v) is 5.84. The molecule has 0 bridgehead atoms. The van der Waals surface area contributed by atoms with Gasteiger partial charge in [-0.25, -0.2) is 0 Å². The van der Waals surface area contributed by atoms with Gasteiger partial charge in [0, 0.05) is 10.7 Å². The molecule has 0 aliphatic rings. The molecule has 2 aromatic rings. The van der Waals surface area contributed by atoms with Crippen molar-refractivity contribution in [1.82, 2.24) is 20.6 Å². The number of anilines is 1. The number of aromatic nitrogens is 4. The Labute approximate surface area is 116 Å². The largest absolute Gasteiger partial charge is 0.359 e. The van der Waals surface area contributed by atoms with Crippen LogP contribution in [0, 0.1) is 22.7 Å².